The van der Waals surface area contributed by atoms with Gasteiger partial charge >= 0.3 is 0 Å². The van der Waals surface area contributed by atoms with Crippen molar-refractivity contribution in [3.8, 4) is 0 Å². The van der Waals surface area contributed by atoms with Gasteiger partial charge in [0.15, 0.2) is 0 Å². The van der Waals surface area contributed by atoms with Crippen molar-refractivity contribution >= 4 is 28.4 Å². The zero-order valence-corrected chi connectivity index (χ0v) is 20.2. The van der Waals surface area contributed by atoms with E-state index >= 15 is 0 Å². The molecule has 170 valence electrons. The number of carbonyl (C=O) groups excluding carboxylic acids is 1. The highest BCUT2D eigenvalue weighted by atomic mass is 35.5. The lowest BCUT2D eigenvalue weighted by molar-refractivity contribution is 0.0546. The lowest BCUT2D eigenvalue weighted by Crippen LogP contribution is -2.50. The fourth-order valence-corrected chi connectivity index (χ4v) is 5.09. The molecule has 1 aliphatic heterocycles. The topological polar surface area (TPSA) is 39.3 Å². The van der Waals surface area contributed by atoms with Crippen LogP contribution in [0.5, 0.6) is 0 Å². The van der Waals surface area contributed by atoms with Crippen LogP contribution in [0.2, 0.25) is 5.02 Å². The van der Waals surface area contributed by atoms with Crippen LogP contribution in [0.4, 0.5) is 0 Å². The molecule has 4 rings (SSSR count). The van der Waals surface area contributed by atoms with Gasteiger partial charge in [0.1, 0.15) is 5.69 Å². The van der Waals surface area contributed by atoms with E-state index < -0.39 is 0 Å². The quantitative estimate of drug-likeness (QED) is 0.477. The van der Waals surface area contributed by atoms with E-state index in [2.05, 4.69) is 42.8 Å². The first kappa shape index (κ1) is 22.9. The number of nitrogens with one attached hydrogen (secondary N) is 1. The molecule has 1 fully saturated rings. The van der Waals surface area contributed by atoms with E-state index in [9.17, 15) is 4.79 Å². The van der Waals surface area contributed by atoms with Gasteiger partial charge in [0.2, 0.25) is 0 Å². The SMILES string of the molecule is CCN(CC1CCN(C(C)(C)Cc2ccc(Cl)cc2)CC1)C(=O)c1cc2ccccc2[nH]1. The Labute approximate surface area is 196 Å². The van der Waals surface area contributed by atoms with Crippen LogP contribution >= 0.6 is 11.6 Å². The Morgan fingerprint density at radius 1 is 1.12 bits per heavy atom. The molecule has 0 radical (unpaired) electrons. The van der Waals surface area contributed by atoms with E-state index in [1.54, 1.807) is 0 Å². The van der Waals surface area contributed by atoms with Crippen LogP contribution in [-0.2, 0) is 6.42 Å². The van der Waals surface area contributed by atoms with Gasteiger partial charge in [0.05, 0.1) is 0 Å². The number of fused-ring (bicyclic) bond motifs is 1. The standard InChI is InChI=1S/C27H34ClN3O/c1-4-30(26(32)25-17-22-7-5-6-8-24(22)29-25)19-21-13-15-31(16-14-21)27(2,3)18-20-9-11-23(28)12-10-20/h5-12,17,21,29H,4,13-16,18-19H2,1-3H3. The maximum atomic E-state index is 13.1. The van der Waals surface area contributed by atoms with E-state index in [4.69, 9.17) is 11.6 Å². The third-order valence-electron chi connectivity index (χ3n) is 6.93. The predicted molar refractivity (Wildman–Crippen MR) is 133 cm³/mol. The highest BCUT2D eigenvalue weighted by Crippen LogP contribution is 2.28. The van der Waals surface area contributed by atoms with Crippen molar-refractivity contribution in [3.05, 3.63) is 70.9 Å². The molecule has 2 heterocycles. The average molecular weight is 452 g/mol. The van der Waals surface area contributed by atoms with Gasteiger partial charge in [-0.05, 0) is 88.9 Å². The van der Waals surface area contributed by atoms with Gasteiger partial charge in [-0.15, -0.1) is 0 Å². The van der Waals surface area contributed by atoms with Crippen molar-refractivity contribution in [1.82, 2.24) is 14.8 Å². The van der Waals surface area contributed by atoms with E-state index in [0.29, 0.717) is 11.6 Å². The number of halogens is 1. The Morgan fingerprint density at radius 3 is 2.47 bits per heavy atom. The average Bonchev–Trinajstić information content (AvgIpc) is 3.23. The number of amides is 1. The molecule has 0 saturated carbocycles. The normalized spacial score (nSPS) is 15.9. The first-order valence-corrected chi connectivity index (χ1v) is 12.1. The lowest BCUT2D eigenvalue weighted by Gasteiger charge is -2.44. The Bertz CT molecular complexity index is 1020. The summed E-state index contributed by atoms with van der Waals surface area (Å²) in [5, 5.41) is 1.87. The molecule has 2 aromatic carbocycles. The number of hydrogen-bond donors (Lipinski definition) is 1. The van der Waals surface area contributed by atoms with E-state index in [0.717, 1.165) is 61.4 Å². The maximum Gasteiger partial charge on any atom is 0.270 e. The number of rotatable bonds is 7. The van der Waals surface area contributed by atoms with Crippen LogP contribution in [0.3, 0.4) is 0 Å². The van der Waals surface area contributed by atoms with Gasteiger partial charge in [-0.25, -0.2) is 0 Å². The van der Waals surface area contributed by atoms with E-state index in [1.165, 1.54) is 5.56 Å². The maximum absolute atomic E-state index is 13.1. The second-order valence-electron chi connectivity index (χ2n) is 9.66. The number of likely N-dealkylation sites (tertiary alicyclic amines) is 1. The minimum Gasteiger partial charge on any atom is -0.351 e. The van der Waals surface area contributed by atoms with Crippen molar-refractivity contribution in [2.24, 2.45) is 5.92 Å². The number of aromatic nitrogens is 1. The van der Waals surface area contributed by atoms with Gasteiger partial charge in [-0.1, -0.05) is 41.9 Å². The molecule has 1 aromatic heterocycles. The number of carbonyl (C=O) groups is 1. The fourth-order valence-electron chi connectivity index (χ4n) is 4.96. The zero-order valence-electron chi connectivity index (χ0n) is 19.4. The molecule has 0 atom stereocenters. The number of benzene rings is 2. The van der Waals surface area contributed by atoms with Crippen LogP contribution in [0.15, 0.2) is 54.6 Å². The largest absolute Gasteiger partial charge is 0.351 e. The number of piperidine rings is 1. The highest BCUT2D eigenvalue weighted by molar-refractivity contribution is 6.30. The highest BCUT2D eigenvalue weighted by Gasteiger charge is 2.32. The molecule has 1 aliphatic rings. The molecule has 5 heteroatoms. The fraction of sp³-hybridized carbons (Fsp3) is 0.444. The number of para-hydroxylation sites is 1. The summed E-state index contributed by atoms with van der Waals surface area (Å²) in [5.41, 5.74) is 3.13. The van der Waals surface area contributed by atoms with Crippen molar-refractivity contribution in [2.75, 3.05) is 26.2 Å². The molecular weight excluding hydrogens is 418 g/mol. The van der Waals surface area contributed by atoms with Crippen LogP contribution in [-0.4, -0.2) is 52.4 Å². The van der Waals surface area contributed by atoms with Crippen molar-refractivity contribution in [1.29, 1.82) is 0 Å². The summed E-state index contributed by atoms with van der Waals surface area (Å²) in [4.78, 5) is 21.0. The minimum atomic E-state index is 0.101. The molecule has 1 saturated heterocycles. The Kier molecular flexibility index (Phi) is 6.92. The molecule has 1 N–H and O–H groups in total. The molecule has 0 unspecified atom stereocenters. The number of H-pyrrole nitrogens is 1. The first-order valence-electron chi connectivity index (χ1n) is 11.7. The first-order chi connectivity index (χ1) is 15.4. The molecule has 32 heavy (non-hydrogen) atoms. The Hall–Kier alpha value is -2.30. The molecule has 1 amide bonds. The zero-order chi connectivity index (χ0) is 22.7. The second-order valence-corrected chi connectivity index (χ2v) is 10.1. The third kappa shape index (κ3) is 5.19. The van der Waals surface area contributed by atoms with Gasteiger partial charge in [0, 0.05) is 34.6 Å². The molecule has 0 spiro atoms. The molecular formula is C27H34ClN3O. The molecule has 3 aromatic rings. The Morgan fingerprint density at radius 2 is 1.81 bits per heavy atom. The van der Waals surface area contributed by atoms with Crippen molar-refractivity contribution in [2.45, 2.75) is 45.6 Å². The van der Waals surface area contributed by atoms with Crippen LogP contribution in [0.1, 0.15) is 49.7 Å². The second kappa shape index (κ2) is 9.68. The summed E-state index contributed by atoms with van der Waals surface area (Å²) in [5.74, 6) is 0.653. The van der Waals surface area contributed by atoms with Gasteiger partial charge in [-0.2, -0.15) is 0 Å². The summed E-state index contributed by atoms with van der Waals surface area (Å²) >= 11 is 6.04. The third-order valence-corrected chi connectivity index (χ3v) is 7.18. The lowest BCUT2D eigenvalue weighted by atomic mass is 9.88. The van der Waals surface area contributed by atoms with Gasteiger partial charge in [0.25, 0.3) is 5.91 Å². The van der Waals surface area contributed by atoms with E-state index in [1.807, 2.05) is 47.4 Å². The summed E-state index contributed by atoms with van der Waals surface area (Å²) in [6, 6.07) is 18.2. The van der Waals surface area contributed by atoms with Gasteiger partial charge in [-0.3, -0.25) is 9.69 Å². The van der Waals surface area contributed by atoms with Crippen molar-refractivity contribution in [3.63, 3.8) is 0 Å². The summed E-state index contributed by atoms with van der Waals surface area (Å²) < 4.78 is 0. The molecule has 4 nitrogen and oxygen atoms in total. The number of nitrogens with zero attached hydrogens (tertiary/aromatic N) is 2. The monoisotopic (exact) mass is 451 g/mol. The smallest absolute Gasteiger partial charge is 0.270 e. The predicted octanol–water partition coefficient (Wildman–Crippen LogP) is 6.02. The number of aromatic amines is 1. The Balaban J connectivity index is 1.33. The van der Waals surface area contributed by atoms with E-state index in [-0.39, 0.29) is 11.4 Å². The summed E-state index contributed by atoms with van der Waals surface area (Å²) in [7, 11) is 0. The summed E-state index contributed by atoms with van der Waals surface area (Å²) in [6.45, 7) is 10.4. The van der Waals surface area contributed by atoms with Crippen LogP contribution < -0.4 is 0 Å². The molecule has 0 aliphatic carbocycles. The van der Waals surface area contributed by atoms with Gasteiger partial charge < -0.3 is 9.88 Å². The van der Waals surface area contributed by atoms with Crippen molar-refractivity contribution < 1.29 is 4.79 Å². The van der Waals surface area contributed by atoms with Crippen LogP contribution in [0, 0.1) is 5.92 Å². The van der Waals surface area contributed by atoms with Crippen LogP contribution in [0.25, 0.3) is 10.9 Å². The molecule has 0 bridgehead atoms. The minimum absolute atomic E-state index is 0.101. The number of hydrogen-bond acceptors (Lipinski definition) is 2. The summed E-state index contributed by atoms with van der Waals surface area (Å²) in [6.07, 6.45) is 3.26.